The molecule has 0 atom stereocenters. The average molecular weight is 407 g/mol. The van der Waals surface area contributed by atoms with Gasteiger partial charge in [0.05, 0.1) is 0 Å². The minimum atomic E-state index is -4.52. The van der Waals surface area contributed by atoms with E-state index in [0.717, 1.165) is 12.8 Å². The fourth-order valence-corrected chi connectivity index (χ4v) is 2.70. The molecule has 1 aromatic carbocycles. The molecule has 2 aromatic rings. The highest BCUT2D eigenvalue weighted by Gasteiger charge is 2.43. The first kappa shape index (κ1) is 22.7. The highest BCUT2D eigenvalue weighted by molar-refractivity contribution is 5.42. The molecule has 6 heteroatoms. The predicted octanol–water partition coefficient (Wildman–Crippen LogP) is 6.62. The summed E-state index contributed by atoms with van der Waals surface area (Å²) in [5.74, 6) is 5.41. The molecular weight excluding hydrogens is 382 g/mol. The fourth-order valence-electron chi connectivity index (χ4n) is 2.70. The molecule has 1 heterocycles. The largest absolute Gasteiger partial charge is 0.461 e. The Hall–Kier alpha value is -2.55. The summed E-state index contributed by atoms with van der Waals surface area (Å²) in [6, 6.07) is 9.06. The number of aromatic nitrogens is 1. The molecule has 156 valence electrons. The van der Waals surface area contributed by atoms with Gasteiger partial charge in [-0.15, -0.1) is 0 Å². The molecule has 29 heavy (non-hydrogen) atoms. The van der Waals surface area contributed by atoms with Gasteiger partial charge in [-0.25, -0.2) is 4.98 Å². The van der Waals surface area contributed by atoms with Crippen molar-refractivity contribution in [3.05, 3.63) is 59.4 Å². The molecule has 0 N–H and O–H groups in total. The Morgan fingerprint density at radius 1 is 0.931 bits per heavy atom. The van der Waals surface area contributed by atoms with Crippen LogP contribution in [-0.2, 0) is 6.42 Å². The lowest BCUT2D eigenvalue weighted by atomic mass is 10.1. The molecular formula is C23H25F4NO. The van der Waals surface area contributed by atoms with Crippen LogP contribution in [0, 0.1) is 11.8 Å². The summed E-state index contributed by atoms with van der Waals surface area (Å²) in [5.41, 5.74) is 2.31. The molecule has 2 rings (SSSR count). The number of benzene rings is 1. The van der Waals surface area contributed by atoms with Gasteiger partial charge in [-0.2, -0.15) is 17.6 Å². The average Bonchev–Trinajstić information content (AvgIpc) is 2.70. The summed E-state index contributed by atoms with van der Waals surface area (Å²) in [6.07, 6.45) is 1.90. The van der Waals surface area contributed by atoms with Crippen molar-refractivity contribution in [1.29, 1.82) is 0 Å². The lowest BCUT2D eigenvalue weighted by molar-refractivity contribution is -0.253. The van der Waals surface area contributed by atoms with E-state index in [4.69, 9.17) is 0 Å². The van der Waals surface area contributed by atoms with Gasteiger partial charge in [0.2, 0.25) is 0 Å². The number of halogens is 4. The van der Waals surface area contributed by atoms with Gasteiger partial charge < -0.3 is 4.74 Å². The highest BCUT2D eigenvalue weighted by atomic mass is 19.3. The highest BCUT2D eigenvalue weighted by Crippen LogP contribution is 2.27. The number of hydrogen-bond acceptors (Lipinski definition) is 2. The monoisotopic (exact) mass is 407 g/mol. The molecule has 0 saturated heterocycles. The van der Waals surface area contributed by atoms with Gasteiger partial charge in [0.25, 0.3) is 0 Å². The van der Waals surface area contributed by atoms with Gasteiger partial charge in [0, 0.05) is 11.8 Å². The summed E-state index contributed by atoms with van der Waals surface area (Å²) in [5, 5.41) is 0. The summed E-state index contributed by atoms with van der Waals surface area (Å²) in [4.78, 5) is 4.33. The molecule has 0 bridgehead atoms. The van der Waals surface area contributed by atoms with Crippen LogP contribution < -0.4 is 4.74 Å². The lowest BCUT2D eigenvalue weighted by Crippen LogP contribution is -2.33. The van der Waals surface area contributed by atoms with Crippen molar-refractivity contribution in [2.75, 3.05) is 0 Å². The second-order valence-electron chi connectivity index (χ2n) is 6.81. The second kappa shape index (κ2) is 11.5. The van der Waals surface area contributed by atoms with Crippen LogP contribution in [0.3, 0.4) is 0 Å². The number of nitrogens with zero attached hydrogens (tertiary/aromatic N) is 1. The topological polar surface area (TPSA) is 22.1 Å². The van der Waals surface area contributed by atoms with Crippen molar-refractivity contribution in [1.82, 2.24) is 4.98 Å². The zero-order chi connectivity index (χ0) is 21.1. The molecule has 2 nitrogen and oxygen atoms in total. The van der Waals surface area contributed by atoms with Gasteiger partial charge >= 0.3 is 12.5 Å². The molecule has 0 aliphatic carbocycles. The summed E-state index contributed by atoms with van der Waals surface area (Å²) < 4.78 is 54.0. The van der Waals surface area contributed by atoms with Crippen molar-refractivity contribution < 1.29 is 22.3 Å². The lowest BCUT2D eigenvalue weighted by Gasteiger charge is -2.16. The van der Waals surface area contributed by atoms with Gasteiger partial charge in [0.15, 0.2) is 0 Å². The quantitative estimate of drug-likeness (QED) is 0.251. The maximum atomic E-state index is 12.9. The third-order valence-corrected chi connectivity index (χ3v) is 4.34. The molecule has 1 aromatic heterocycles. The zero-order valence-corrected chi connectivity index (χ0v) is 16.4. The van der Waals surface area contributed by atoms with Crippen molar-refractivity contribution in [2.24, 2.45) is 0 Å². The number of ether oxygens (including phenoxy) is 1. The maximum Gasteiger partial charge on any atom is 0.461 e. The standard InChI is InChI=1S/C23H25F4NO/c1-2-3-4-5-6-7-8-19-10-14-20(28-17-19)13-9-18-11-15-21(16-12-18)29-23(26,27)22(24)25/h10-12,14-17,22H,2-8H2,1H3. The molecule has 0 unspecified atom stereocenters. The first-order valence-electron chi connectivity index (χ1n) is 9.82. The Labute approximate surface area is 169 Å². The minimum Gasteiger partial charge on any atom is -0.428 e. The number of pyridine rings is 1. The maximum absolute atomic E-state index is 12.9. The molecule has 0 spiro atoms. The SMILES string of the molecule is CCCCCCCCc1ccc(C#Cc2ccc(OC(F)(F)C(F)F)cc2)nc1. The molecule has 0 aliphatic heterocycles. The predicted molar refractivity (Wildman–Crippen MR) is 105 cm³/mol. The smallest absolute Gasteiger partial charge is 0.428 e. The molecule has 0 aliphatic rings. The van der Waals surface area contributed by atoms with Gasteiger partial charge in [-0.1, -0.05) is 51.0 Å². The van der Waals surface area contributed by atoms with Crippen molar-refractivity contribution in [3.8, 4) is 17.6 Å². The minimum absolute atomic E-state index is 0.349. The van der Waals surface area contributed by atoms with Crippen LogP contribution in [0.1, 0.15) is 62.3 Å². The Kier molecular flexibility index (Phi) is 8.98. The molecule has 0 amide bonds. The molecule has 0 radical (unpaired) electrons. The van der Waals surface area contributed by atoms with Crippen LogP contribution in [0.25, 0.3) is 0 Å². The Balaban J connectivity index is 1.85. The van der Waals surface area contributed by atoms with Gasteiger partial charge in [-0.05, 0) is 54.7 Å². The van der Waals surface area contributed by atoms with E-state index >= 15 is 0 Å². The number of aryl methyl sites for hydroxylation is 1. The van der Waals surface area contributed by atoms with Crippen LogP contribution in [0.15, 0.2) is 42.6 Å². The zero-order valence-electron chi connectivity index (χ0n) is 16.4. The van der Waals surface area contributed by atoms with Crippen LogP contribution in [0.2, 0.25) is 0 Å². The van der Waals surface area contributed by atoms with E-state index in [0.29, 0.717) is 11.3 Å². The van der Waals surface area contributed by atoms with E-state index in [9.17, 15) is 17.6 Å². The Morgan fingerprint density at radius 3 is 2.24 bits per heavy atom. The molecule has 0 fully saturated rings. The van der Waals surface area contributed by atoms with E-state index in [1.165, 1.54) is 61.9 Å². The molecule has 0 saturated carbocycles. The van der Waals surface area contributed by atoms with E-state index in [-0.39, 0.29) is 5.75 Å². The number of hydrogen-bond donors (Lipinski definition) is 0. The summed E-state index contributed by atoms with van der Waals surface area (Å²) >= 11 is 0. The second-order valence-corrected chi connectivity index (χ2v) is 6.81. The summed E-state index contributed by atoms with van der Waals surface area (Å²) in [7, 11) is 0. The summed E-state index contributed by atoms with van der Waals surface area (Å²) in [6.45, 7) is 2.21. The first-order chi connectivity index (χ1) is 13.9. The van der Waals surface area contributed by atoms with Crippen LogP contribution >= 0.6 is 0 Å². The fraction of sp³-hybridized carbons (Fsp3) is 0.435. The Morgan fingerprint density at radius 2 is 1.62 bits per heavy atom. The van der Waals surface area contributed by atoms with Crippen LogP contribution in [0.5, 0.6) is 5.75 Å². The van der Waals surface area contributed by atoms with E-state index in [2.05, 4.69) is 28.5 Å². The third-order valence-electron chi connectivity index (χ3n) is 4.34. The number of alkyl halides is 4. The van der Waals surface area contributed by atoms with Gasteiger partial charge in [-0.3, -0.25) is 0 Å². The number of rotatable bonds is 10. The normalized spacial score (nSPS) is 11.2. The van der Waals surface area contributed by atoms with Crippen molar-refractivity contribution >= 4 is 0 Å². The van der Waals surface area contributed by atoms with E-state index < -0.39 is 12.5 Å². The van der Waals surface area contributed by atoms with Crippen molar-refractivity contribution in [3.63, 3.8) is 0 Å². The van der Waals surface area contributed by atoms with E-state index in [1.807, 2.05) is 18.3 Å². The van der Waals surface area contributed by atoms with Crippen LogP contribution in [0.4, 0.5) is 17.6 Å². The van der Waals surface area contributed by atoms with E-state index in [1.54, 1.807) is 0 Å². The third kappa shape index (κ3) is 8.15. The van der Waals surface area contributed by atoms with Gasteiger partial charge in [0.1, 0.15) is 11.4 Å². The van der Waals surface area contributed by atoms with Crippen molar-refractivity contribution in [2.45, 2.75) is 64.4 Å². The van der Waals surface area contributed by atoms with Crippen LogP contribution in [-0.4, -0.2) is 17.5 Å². The first-order valence-corrected chi connectivity index (χ1v) is 9.82. The Bertz CT molecular complexity index is 792. The number of unbranched alkanes of at least 4 members (excludes halogenated alkanes) is 5.